The standard InChI is InChI=1S/C14H16FNO3/c1-2-9-6-10(8-11(15)7-9)13(17)16-5-3-4-12(16)14(18)19/h6-8,12H,2-5H2,1H3,(H,18,19). The van der Waals surface area contributed by atoms with Crippen molar-refractivity contribution in [3.05, 3.63) is 35.1 Å². The summed E-state index contributed by atoms with van der Waals surface area (Å²) < 4.78 is 13.4. The molecule has 1 amide bonds. The second-order valence-corrected chi connectivity index (χ2v) is 4.70. The quantitative estimate of drug-likeness (QED) is 0.910. The molecule has 1 unspecified atom stereocenters. The van der Waals surface area contributed by atoms with Gasteiger partial charge in [-0.3, -0.25) is 4.79 Å². The number of nitrogens with zero attached hydrogens (tertiary/aromatic N) is 1. The van der Waals surface area contributed by atoms with Crippen LogP contribution < -0.4 is 0 Å². The topological polar surface area (TPSA) is 57.6 Å². The van der Waals surface area contributed by atoms with Crippen molar-refractivity contribution in [3.63, 3.8) is 0 Å². The first-order valence-corrected chi connectivity index (χ1v) is 6.36. The number of rotatable bonds is 3. The van der Waals surface area contributed by atoms with Gasteiger partial charge in [0.05, 0.1) is 0 Å². The summed E-state index contributed by atoms with van der Waals surface area (Å²) in [7, 11) is 0. The minimum Gasteiger partial charge on any atom is -0.480 e. The second kappa shape index (κ2) is 5.38. The number of aliphatic carboxylic acids is 1. The van der Waals surface area contributed by atoms with E-state index in [4.69, 9.17) is 5.11 Å². The molecule has 0 aromatic heterocycles. The van der Waals surface area contributed by atoms with Crippen LogP contribution in [-0.4, -0.2) is 34.5 Å². The maximum absolute atomic E-state index is 13.4. The van der Waals surface area contributed by atoms with Crippen LogP contribution in [0, 0.1) is 5.82 Å². The van der Waals surface area contributed by atoms with Crippen molar-refractivity contribution in [3.8, 4) is 0 Å². The molecule has 0 bridgehead atoms. The molecule has 5 heteroatoms. The Morgan fingerprint density at radius 3 is 2.79 bits per heavy atom. The van der Waals surface area contributed by atoms with E-state index in [-0.39, 0.29) is 5.56 Å². The average molecular weight is 265 g/mol. The van der Waals surface area contributed by atoms with Crippen LogP contribution >= 0.6 is 0 Å². The molecule has 1 heterocycles. The third-order valence-corrected chi connectivity index (χ3v) is 3.41. The van der Waals surface area contributed by atoms with Gasteiger partial charge in [0.15, 0.2) is 0 Å². The summed E-state index contributed by atoms with van der Waals surface area (Å²) in [6, 6.07) is 3.39. The van der Waals surface area contributed by atoms with Crippen molar-refractivity contribution < 1.29 is 19.1 Å². The summed E-state index contributed by atoms with van der Waals surface area (Å²) in [5.41, 5.74) is 0.958. The summed E-state index contributed by atoms with van der Waals surface area (Å²) in [5.74, 6) is -1.87. The summed E-state index contributed by atoms with van der Waals surface area (Å²) in [5, 5.41) is 9.07. The van der Waals surface area contributed by atoms with E-state index in [2.05, 4.69) is 0 Å². The first-order valence-electron chi connectivity index (χ1n) is 6.36. The van der Waals surface area contributed by atoms with Gasteiger partial charge in [0.1, 0.15) is 11.9 Å². The number of aryl methyl sites for hydroxylation is 1. The maximum Gasteiger partial charge on any atom is 0.326 e. The fourth-order valence-corrected chi connectivity index (χ4v) is 2.41. The van der Waals surface area contributed by atoms with Crippen molar-refractivity contribution >= 4 is 11.9 Å². The SMILES string of the molecule is CCc1cc(F)cc(C(=O)N2CCCC2C(=O)O)c1. The molecule has 1 aliphatic heterocycles. The van der Waals surface area contributed by atoms with E-state index >= 15 is 0 Å². The number of carbonyl (C=O) groups excluding carboxylic acids is 1. The van der Waals surface area contributed by atoms with Crippen LogP contribution in [0.4, 0.5) is 4.39 Å². The molecule has 4 nitrogen and oxygen atoms in total. The first-order chi connectivity index (χ1) is 9.02. The van der Waals surface area contributed by atoms with Gasteiger partial charge in [-0.2, -0.15) is 0 Å². The normalized spacial score (nSPS) is 18.6. The molecular formula is C14H16FNO3. The van der Waals surface area contributed by atoms with E-state index in [9.17, 15) is 14.0 Å². The molecule has 2 rings (SSSR count). The molecule has 0 spiro atoms. The van der Waals surface area contributed by atoms with Crippen LogP contribution in [0.25, 0.3) is 0 Å². The highest BCUT2D eigenvalue weighted by Crippen LogP contribution is 2.21. The maximum atomic E-state index is 13.4. The number of carboxylic acid groups (broad SMARTS) is 1. The zero-order valence-corrected chi connectivity index (χ0v) is 10.7. The number of carboxylic acids is 1. The van der Waals surface area contributed by atoms with Crippen molar-refractivity contribution in [2.75, 3.05) is 6.54 Å². The fourth-order valence-electron chi connectivity index (χ4n) is 2.41. The fraction of sp³-hybridized carbons (Fsp3) is 0.429. The van der Waals surface area contributed by atoms with Gasteiger partial charge in [-0.25, -0.2) is 9.18 Å². The number of likely N-dealkylation sites (tertiary alicyclic amines) is 1. The van der Waals surface area contributed by atoms with E-state index in [0.717, 1.165) is 5.56 Å². The van der Waals surface area contributed by atoms with E-state index in [1.165, 1.54) is 17.0 Å². The van der Waals surface area contributed by atoms with Gasteiger partial charge in [0.2, 0.25) is 0 Å². The molecule has 0 radical (unpaired) electrons. The zero-order chi connectivity index (χ0) is 14.0. The van der Waals surface area contributed by atoms with Crippen molar-refractivity contribution in [2.24, 2.45) is 0 Å². The number of hydrogen-bond donors (Lipinski definition) is 1. The summed E-state index contributed by atoms with van der Waals surface area (Å²) in [4.78, 5) is 24.7. The zero-order valence-electron chi connectivity index (χ0n) is 10.7. The highest BCUT2D eigenvalue weighted by molar-refractivity contribution is 5.97. The van der Waals surface area contributed by atoms with Gasteiger partial charge in [0, 0.05) is 12.1 Å². The molecule has 1 aromatic rings. The number of amides is 1. The Morgan fingerprint density at radius 1 is 1.42 bits per heavy atom. The summed E-state index contributed by atoms with van der Waals surface area (Å²) >= 11 is 0. The molecule has 102 valence electrons. The third-order valence-electron chi connectivity index (χ3n) is 3.41. The molecule has 1 N–H and O–H groups in total. The van der Waals surface area contributed by atoms with Gasteiger partial charge in [-0.15, -0.1) is 0 Å². The smallest absolute Gasteiger partial charge is 0.326 e. The van der Waals surface area contributed by atoms with Crippen LogP contribution in [0.5, 0.6) is 0 Å². The largest absolute Gasteiger partial charge is 0.480 e. The van der Waals surface area contributed by atoms with Crippen molar-refractivity contribution in [1.29, 1.82) is 0 Å². The first kappa shape index (κ1) is 13.5. The Hall–Kier alpha value is -1.91. The van der Waals surface area contributed by atoms with Crippen LogP contribution in [0.1, 0.15) is 35.7 Å². The number of halogens is 1. The van der Waals surface area contributed by atoms with Gasteiger partial charge >= 0.3 is 5.97 Å². The van der Waals surface area contributed by atoms with Crippen LogP contribution in [0.2, 0.25) is 0 Å². The monoisotopic (exact) mass is 265 g/mol. The third kappa shape index (κ3) is 2.75. The predicted octanol–water partition coefficient (Wildman–Crippen LogP) is 2.08. The number of hydrogen-bond acceptors (Lipinski definition) is 2. The van der Waals surface area contributed by atoms with Crippen molar-refractivity contribution in [2.45, 2.75) is 32.2 Å². The second-order valence-electron chi connectivity index (χ2n) is 4.70. The lowest BCUT2D eigenvalue weighted by Crippen LogP contribution is -2.40. The lowest BCUT2D eigenvalue weighted by Gasteiger charge is -2.21. The van der Waals surface area contributed by atoms with Gasteiger partial charge in [-0.05, 0) is 43.0 Å². The minimum atomic E-state index is -1.00. The van der Waals surface area contributed by atoms with Crippen molar-refractivity contribution in [1.82, 2.24) is 4.90 Å². The van der Waals surface area contributed by atoms with Crippen LogP contribution in [0.3, 0.4) is 0 Å². The Bertz CT molecular complexity index is 515. The van der Waals surface area contributed by atoms with Crippen LogP contribution in [-0.2, 0) is 11.2 Å². The number of carbonyl (C=O) groups is 2. The predicted molar refractivity (Wildman–Crippen MR) is 67.5 cm³/mol. The summed E-state index contributed by atoms with van der Waals surface area (Å²) in [6.07, 6.45) is 1.75. The lowest BCUT2D eigenvalue weighted by atomic mass is 10.1. The Balaban J connectivity index is 2.28. The Labute approximate surface area is 110 Å². The molecule has 0 aliphatic carbocycles. The highest BCUT2D eigenvalue weighted by atomic mass is 19.1. The summed E-state index contributed by atoms with van der Waals surface area (Å²) in [6.45, 7) is 2.28. The van der Waals surface area contributed by atoms with E-state index in [1.807, 2.05) is 6.92 Å². The molecule has 19 heavy (non-hydrogen) atoms. The van der Waals surface area contributed by atoms with Crippen LogP contribution in [0.15, 0.2) is 18.2 Å². The van der Waals surface area contributed by atoms with Gasteiger partial charge in [0.25, 0.3) is 5.91 Å². The number of benzene rings is 1. The van der Waals surface area contributed by atoms with E-state index < -0.39 is 23.7 Å². The molecular weight excluding hydrogens is 249 g/mol. The van der Waals surface area contributed by atoms with E-state index in [0.29, 0.717) is 25.8 Å². The highest BCUT2D eigenvalue weighted by Gasteiger charge is 2.34. The average Bonchev–Trinajstić information content (AvgIpc) is 2.86. The molecule has 1 saturated heterocycles. The molecule has 1 atom stereocenters. The minimum absolute atomic E-state index is 0.227. The molecule has 1 aliphatic rings. The molecule has 0 saturated carbocycles. The lowest BCUT2D eigenvalue weighted by molar-refractivity contribution is -0.141. The molecule has 1 aromatic carbocycles. The molecule has 1 fully saturated rings. The van der Waals surface area contributed by atoms with Gasteiger partial charge in [-0.1, -0.05) is 6.92 Å². The Morgan fingerprint density at radius 2 is 2.16 bits per heavy atom. The van der Waals surface area contributed by atoms with Gasteiger partial charge < -0.3 is 10.0 Å². The Kier molecular flexibility index (Phi) is 3.83. The van der Waals surface area contributed by atoms with E-state index in [1.54, 1.807) is 6.07 Å².